The van der Waals surface area contributed by atoms with E-state index in [2.05, 4.69) is 0 Å². The van der Waals surface area contributed by atoms with Crippen LogP contribution < -0.4 is 10.5 Å². The molecule has 0 spiro atoms. The number of nitrogens with two attached hydrogens (primary N) is 1. The van der Waals surface area contributed by atoms with Crippen molar-refractivity contribution in [2.75, 3.05) is 6.61 Å². The zero-order chi connectivity index (χ0) is 12.4. The predicted octanol–water partition coefficient (Wildman–Crippen LogP) is 2.88. The molecule has 3 nitrogen and oxygen atoms in total. The smallest absolute Gasteiger partial charge is 0.139 e. The minimum absolute atomic E-state index is 0.0397. The summed E-state index contributed by atoms with van der Waals surface area (Å²) >= 11 is 11.9. The van der Waals surface area contributed by atoms with Crippen LogP contribution in [0.3, 0.4) is 0 Å². The first kappa shape index (κ1) is 13.0. The van der Waals surface area contributed by atoms with Crippen LogP contribution in [0, 0.1) is 0 Å². The van der Waals surface area contributed by atoms with Crippen molar-refractivity contribution in [1.82, 2.24) is 0 Å². The molecule has 1 aliphatic rings. The molecule has 0 aliphatic heterocycles. The first-order valence-corrected chi connectivity index (χ1v) is 6.36. The number of halogens is 2. The molecule has 1 aliphatic carbocycles. The van der Waals surface area contributed by atoms with Crippen molar-refractivity contribution in [2.24, 2.45) is 5.73 Å². The second kappa shape index (κ2) is 5.44. The van der Waals surface area contributed by atoms with Gasteiger partial charge in [0.25, 0.3) is 0 Å². The average molecular weight is 276 g/mol. The Morgan fingerprint density at radius 3 is 2.82 bits per heavy atom. The molecule has 94 valence electrons. The number of hydrogen-bond acceptors (Lipinski definition) is 3. The van der Waals surface area contributed by atoms with Gasteiger partial charge in [-0.25, -0.2) is 0 Å². The fraction of sp³-hybridized carbons (Fsp3) is 0.500. The number of rotatable bonds is 4. The lowest BCUT2D eigenvalue weighted by molar-refractivity contribution is -0.0945. The van der Waals surface area contributed by atoms with Crippen LogP contribution in [0.5, 0.6) is 5.75 Å². The van der Waals surface area contributed by atoms with Crippen molar-refractivity contribution < 1.29 is 9.47 Å². The highest BCUT2D eigenvalue weighted by atomic mass is 35.5. The predicted molar refractivity (Wildman–Crippen MR) is 68.9 cm³/mol. The molecule has 0 aromatic heterocycles. The molecule has 0 bridgehead atoms. The Hall–Kier alpha value is -0.480. The Morgan fingerprint density at radius 2 is 2.18 bits per heavy atom. The van der Waals surface area contributed by atoms with Gasteiger partial charge in [0.15, 0.2) is 0 Å². The van der Waals surface area contributed by atoms with Crippen LogP contribution >= 0.6 is 23.2 Å². The van der Waals surface area contributed by atoms with Gasteiger partial charge in [0, 0.05) is 30.2 Å². The van der Waals surface area contributed by atoms with E-state index >= 15 is 0 Å². The van der Waals surface area contributed by atoms with E-state index in [1.807, 2.05) is 6.92 Å². The molecular formula is C12H15Cl2NO2. The zero-order valence-electron chi connectivity index (χ0n) is 9.53. The third-order valence-electron chi connectivity index (χ3n) is 2.82. The highest BCUT2D eigenvalue weighted by molar-refractivity contribution is 6.34. The van der Waals surface area contributed by atoms with Crippen molar-refractivity contribution in [3.05, 3.63) is 28.2 Å². The normalized spacial score (nSPS) is 27.6. The molecule has 2 rings (SSSR count). The molecule has 0 amide bonds. The topological polar surface area (TPSA) is 44.5 Å². The van der Waals surface area contributed by atoms with Crippen molar-refractivity contribution in [1.29, 1.82) is 0 Å². The van der Waals surface area contributed by atoms with E-state index in [1.165, 1.54) is 0 Å². The summed E-state index contributed by atoms with van der Waals surface area (Å²) in [7, 11) is 0. The van der Waals surface area contributed by atoms with Gasteiger partial charge in [0.05, 0.1) is 5.02 Å². The van der Waals surface area contributed by atoms with Gasteiger partial charge in [0.1, 0.15) is 18.0 Å². The highest BCUT2D eigenvalue weighted by Gasteiger charge is 2.41. The van der Waals surface area contributed by atoms with Crippen LogP contribution in [0.2, 0.25) is 10.0 Å². The Morgan fingerprint density at radius 1 is 1.41 bits per heavy atom. The number of benzene rings is 1. The minimum atomic E-state index is -0.0601. The van der Waals surface area contributed by atoms with Crippen LogP contribution in [0.25, 0.3) is 0 Å². The van der Waals surface area contributed by atoms with E-state index in [4.69, 9.17) is 38.4 Å². The maximum atomic E-state index is 6.03. The van der Waals surface area contributed by atoms with Gasteiger partial charge < -0.3 is 15.2 Å². The van der Waals surface area contributed by atoms with E-state index in [0.29, 0.717) is 22.4 Å². The largest absolute Gasteiger partial charge is 0.486 e. The van der Waals surface area contributed by atoms with E-state index in [9.17, 15) is 0 Å². The maximum Gasteiger partial charge on any atom is 0.139 e. The molecular weight excluding hydrogens is 261 g/mol. The second-order valence-electron chi connectivity index (χ2n) is 4.05. The highest BCUT2D eigenvalue weighted by Crippen LogP contribution is 2.33. The van der Waals surface area contributed by atoms with Crippen LogP contribution in [0.1, 0.15) is 13.3 Å². The summed E-state index contributed by atoms with van der Waals surface area (Å²) in [6, 6.07) is 5.19. The quantitative estimate of drug-likeness (QED) is 0.919. The minimum Gasteiger partial charge on any atom is -0.486 e. The van der Waals surface area contributed by atoms with Crippen molar-refractivity contribution >= 4 is 23.2 Å². The molecule has 0 radical (unpaired) electrons. The van der Waals surface area contributed by atoms with E-state index in [1.54, 1.807) is 18.2 Å². The van der Waals surface area contributed by atoms with Gasteiger partial charge in [0.2, 0.25) is 0 Å². The van der Waals surface area contributed by atoms with Gasteiger partial charge in [-0.1, -0.05) is 23.2 Å². The van der Waals surface area contributed by atoms with Gasteiger partial charge in [-0.15, -0.1) is 0 Å². The lowest BCUT2D eigenvalue weighted by Crippen LogP contribution is -2.59. The summed E-state index contributed by atoms with van der Waals surface area (Å²) < 4.78 is 11.3. The summed E-state index contributed by atoms with van der Waals surface area (Å²) in [6.07, 6.45) is 0.670. The fourth-order valence-corrected chi connectivity index (χ4v) is 2.21. The summed E-state index contributed by atoms with van der Waals surface area (Å²) in [4.78, 5) is 0. The monoisotopic (exact) mass is 275 g/mol. The Kier molecular flexibility index (Phi) is 4.15. The molecule has 1 aromatic carbocycles. The van der Waals surface area contributed by atoms with E-state index < -0.39 is 0 Å². The van der Waals surface area contributed by atoms with E-state index in [-0.39, 0.29) is 18.2 Å². The number of hydrogen-bond donors (Lipinski definition) is 1. The molecule has 3 atom stereocenters. The first-order chi connectivity index (χ1) is 8.11. The molecule has 0 saturated heterocycles. The first-order valence-electron chi connectivity index (χ1n) is 5.60. The summed E-state index contributed by atoms with van der Waals surface area (Å²) in [5, 5.41) is 1.14. The molecule has 1 aromatic rings. The van der Waals surface area contributed by atoms with Crippen molar-refractivity contribution in [3.8, 4) is 5.75 Å². The lowest BCUT2D eigenvalue weighted by atomic mass is 9.86. The third kappa shape index (κ3) is 2.86. The molecule has 0 heterocycles. The van der Waals surface area contributed by atoms with Crippen LogP contribution in [0.4, 0.5) is 0 Å². The molecule has 1 fully saturated rings. The summed E-state index contributed by atoms with van der Waals surface area (Å²) in [5.74, 6) is 0.584. The standard InChI is InChI=1S/C12H15Cl2NO2/c1-2-16-12-9(15)6-11(12)17-10-5-7(13)3-4-8(10)14/h3-5,9,11-12H,2,6,15H2,1H3. The molecule has 17 heavy (non-hydrogen) atoms. The Bertz CT molecular complexity index is 400. The van der Waals surface area contributed by atoms with Crippen LogP contribution in [0.15, 0.2) is 18.2 Å². The van der Waals surface area contributed by atoms with Crippen molar-refractivity contribution in [2.45, 2.75) is 31.6 Å². The SMILES string of the molecule is CCOC1C(N)CC1Oc1cc(Cl)ccc1Cl. The van der Waals surface area contributed by atoms with Crippen molar-refractivity contribution in [3.63, 3.8) is 0 Å². The van der Waals surface area contributed by atoms with Gasteiger partial charge in [-0.2, -0.15) is 0 Å². The third-order valence-corrected chi connectivity index (χ3v) is 3.37. The lowest BCUT2D eigenvalue weighted by Gasteiger charge is -2.41. The fourth-order valence-electron chi connectivity index (χ4n) is 1.89. The molecule has 3 unspecified atom stereocenters. The molecule has 1 saturated carbocycles. The average Bonchev–Trinajstić information content (AvgIpc) is 2.30. The van der Waals surface area contributed by atoms with Gasteiger partial charge >= 0.3 is 0 Å². The Labute approximate surface area is 111 Å². The number of ether oxygens (including phenoxy) is 2. The molecule has 2 N–H and O–H groups in total. The summed E-state index contributed by atoms with van der Waals surface area (Å²) in [5.41, 5.74) is 5.86. The van der Waals surface area contributed by atoms with Crippen LogP contribution in [-0.2, 0) is 4.74 Å². The van der Waals surface area contributed by atoms with Crippen LogP contribution in [-0.4, -0.2) is 24.9 Å². The Balaban J connectivity index is 2.03. The summed E-state index contributed by atoms with van der Waals surface area (Å²) in [6.45, 7) is 2.57. The maximum absolute atomic E-state index is 6.03. The van der Waals surface area contributed by atoms with Gasteiger partial charge in [-0.05, 0) is 19.1 Å². The van der Waals surface area contributed by atoms with Gasteiger partial charge in [-0.3, -0.25) is 0 Å². The zero-order valence-corrected chi connectivity index (χ0v) is 11.0. The van der Waals surface area contributed by atoms with E-state index in [0.717, 1.165) is 6.42 Å². The second-order valence-corrected chi connectivity index (χ2v) is 4.89. The molecule has 5 heteroatoms.